The Morgan fingerprint density at radius 1 is 1.24 bits per heavy atom. The average molecular weight is 303 g/mol. The Labute approximate surface area is 128 Å². The van der Waals surface area contributed by atoms with Crippen molar-refractivity contribution in [3.8, 4) is 0 Å². The molecule has 2 heterocycles. The third kappa shape index (κ3) is 3.31. The Bertz CT molecular complexity index is 656. The van der Waals surface area contributed by atoms with Gasteiger partial charge in [0.25, 0.3) is 5.91 Å². The Hall–Kier alpha value is -2.14. The van der Waals surface area contributed by atoms with Gasteiger partial charge >= 0.3 is 0 Å². The largest absolute Gasteiger partial charge is 0.337 e. The molecule has 21 heavy (non-hydrogen) atoms. The standard InChI is InChI=1S/C15H15ClN4O/c16-11-4-3-5-12(10-11)18-15-17-7-6-13(19-15)14(21)20-8-1-2-9-20/h3-7,10H,1-2,8-9H2,(H,17,18,19). The molecule has 1 amide bonds. The highest BCUT2D eigenvalue weighted by Crippen LogP contribution is 2.18. The van der Waals surface area contributed by atoms with Crippen molar-refractivity contribution in [2.75, 3.05) is 18.4 Å². The lowest BCUT2D eigenvalue weighted by atomic mass is 10.3. The van der Waals surface area contributed by atoms with E-state index in [1.165, 1.54) is 0 Å². The summed E-state index contributed by atoms with van der Waals surface area (Å²) in [7, 11) is 0. The van der Waals surface area contributed by atoms with Crippen LogP contribution >= 0.6 is 11.6 Å². The number of aromatic nitrogens is 2. The summed E-state index contributed by atoms with van der Waals surface area (Å²) < 4.78 is 0. The molecule has 0 saturated carbocycles. The molecular formula is C15H15ClN4O. The zero-order chi connectivity index (χ0) is 14.7. The Morgan fingerprint density at radius 2 is 2.05 bits per heavy atom. The van der Waals surface area contributed by atoms with Gasteiger partial charge in [0.05, 0.1) is 0 Å². The predicted octanol–water partition coefficient (Wildman–Crippen LogP) is 3.11. The first-order valence-electron chi connectivity index (χ1n) is 6.87. The quantitative estimate of drug-likeness (QED) is 0.946. The van der Waals surface area contributed by atoms with E-state index in [0.29, 0.717) is 16.7 Å². The number of nitrogens with zero attached hydrogens (tertiary/aromatic N) is 3. The van der Waals surface area contributed by atoms with Crippen molar-refractivity contribution < 1.29 is 4.79 Å². The van der Waals surface area contributed by atoms with Gasteiger partial charge < -0.3 is 10.2 Å². The highest BCUT2D eigenvalue weighted by atomic mass is 35.5. The first kappa shape index (κ1) is 13.8. The van der Waals surface area contributed by atoms with Crippen LogP contribution in [0.15, 0.2) is 36.5 Å². The highest BCUT2D eigenvalue weighted by Gasteiger charge is 2.20. The first-order chi connectivity index (χ1) is 10.2. The molecule has 5 nitrogen and oxygen atoms in total. The van der Waals surface area contributed by atoms with Crippen LogP contribution in [0.1, 0.15) is 23.3 Å². The maximum Gasteiger partial charge on any atom is 0.272 e. The summed E-state index contributed by atoms with van der Waals surface area (Å²) in [6, 6.07) is 8.92. The fraction of sp³-hybridized carbons (Fsp3) is 0.267. The number of carbonyl (C=O) groups excluding carboxylic acids is 1. The van der Waals surface area contributed by atoms with Crippen LogP contribution < -0.4 is 5.32 Å². The van der Waals surface area contributed by atoms with Crippen LogP contribution in [0.5, 0.6) is 0 Å². The van der Waals surface area contributed by atoms with Crippen molar-refractivity contribution in [1.82, 2.24) is 14.9 Å². The van der Waals surface area contributed by atoms with Gasteiger partial charge in [-0.05, 0) is 37.1 Å². The lowest BCUT2D eigenvalue weighted by Gasteiger charge is -2.14. The number of benzene rings is 1. The number of hydrogen-bond acceptors (Lipinski definition) is 4. The van der Waals surface area contributed by atoms with Crippen LogP contribution in [0.25, 0.3) is 0 Å². The number of anilines is 2. The SMILES string of the molecule is O=C(c1ccnc(Nc2cccc(Cl)c2)n1)N1CCCC1. The van der Waals surface area contributed by atoms with Gasteiger partial charge in [0.15, 0.2) is 0 Å². The molecule has 1 saturated heterocycles. The molecule has 1 aromatic heterocycles. The number of amides is 1. The van der Waals surface area contributed by atoms with E-state index < -0.39 is 0 Å². The summed E-state index contributed by atoms with van der Waals surface area (Å²) >= 11 is 5.94. The molecule has 0 radical (unpaired) electrons. The van der Waals surface area contributed by atoms with Gasteiger partial charge in [-0.3, -0.25) is 4.79 Å². The van der Waals surface area contributed by atoms with Crippen LogP contribution in [-0.2, 0) is 0 Å². The summed E-state index contributed by atoms with van der Waals surface area (Å²) in [6.07, 6.45) is 3.71. The second-order valence-corrected chi connectivity index (χ2v) is 5.34. The van der Waals surface area contributed by atoms with E-state index in [9.17, 15) is 4.79 Å². The zero-order valence-electron chi connectivity index (χ0n) is 11.4. The first-order valence-corrected chi connectivity index (χ1v) is 7.25. The van der Waals surface area contributed by atoms with Crippen LogP contribution in [-0.4, -0.2) is 33.9 Å². The minimum Gasteiger partial charge on any atom is -0.337 e. The van der Waals surface area contributed by atoms with Crippen molar-refractivity contribution in [3.63, 3.8) is 0 Å². The predicted molar refractivity (Wildman–Crippen MR) is 81.9 cm³/mol. The van der Waals surface area contributed by atoms with E-state index in [4.69, 9.17) is 11.6 Å². The fourth-order valence-electron chi connectivity index (χ4n) is 2.32. The topological polar surface area (TPSA) is 58.1 Å². The molecule has 1 aliphatic rings. The van der Waals surface area contributed by atoms with E-state index in [1.54, 1.807) is 24.4 Å². The van der Waals surface area contributed by atoms with E-state index in [1.807, 2.05) is 17.0 Å². The Kier molecular flexibility index (Phi) is 4.01. The number of hydrogen-bond donors (Lipinski definition) is 1. The van der Waals surface area contributed by atoms with Gasteiger partial charge in [-0.1, -0.05) is 17.7 Å². The number of nitrogens with one attached hydrogen (secondary N) is 1. The van der Waals surface area contributed by atoms with Gasteiger partial charge in [-0.2, -0.15) is 0 Å². The molecule has 3 rings (SSSR count). The normalized spacial score (nSPS) is 14.2. The fourth-order valence-corrected chi connectivity index (χ4v) is 2.51. The summed E-state index contributed by atoms with van der Waals surface area (Å²) in [5, 5.41) is 3.68. The van der Waals surface area contributed by atoms with E-state index in [0.717, 1.165) is 31.6 Å². The maximum absolute atomic E-state index is 12.3. The second-order valence-electron chi connectivity index (χ2n) is 4.90. The number of halogens is 1. The molecular weight excluding hydrogens is 288 g/mol. The number of rotatable bonds is 3. The van der Waals surface area contributed by atoms with Crippen molar-refractivity contribution in [3.05, 3.63) is 47.2 Å². The molecule has 1 aliphatic heterocycles. The molecule has 1 N–H and O–H groups in total. The summed E-state index contributed by atoms with van der Waals surface area (Å²) in [5.74, 6) is 0.353. The van der Waals surface area contributed by atoms with Gasteiger partial charge in [0.1, 0.15) is 5.69 Å². The molecule has 6 heteroatoms. The lowest BCUT2D eigenvalue weighted by Crippen LogP contribution is -2.28. The smallest absolute Gasteiger partial charge is 0.272 e. The molecule has 0 atom stereocenters. The average Bonchev–Trinajstić information content (AvgIpc) is 3.01. The van der Waals surface area contributed by atoms with Crippen LogP contribution in [0.3, 0.4) is 0 Å². The molecule has 108 valence electrons. The third-order valence-corrected chi connectivity index (χ3v) is 3.58. The van der Waals surface area contributed by atoms with Crippen LogP contribution in [0.2, 0.25) is 5.02 Å². The summed E-state index contributed by atoms with van der Waals surface area (Å²) in [6.45, 7) is 1.61. The number of likely N-dealkylation sites (tertiary alicyclic amines) is 1. The van der Waals surface area contributed by atoms with Gasteiger partial charge in [-0.25, -0.2) is 9.97 Å². The van der Waals surface area contributed by atoms with Crippen LogP contribution in [0, 0.1) is 0 Å². The molecule has 0 aliphatic carbocycles. The summed E-state index contributed by atoms with van der Waals surface area (Å²) in [4.78, 5) is 22.5. The molecule has 1 fully saturated rings. The second kappa shape index (κ2) is 6.10. The Balaban J connectivity index is 1.78. The monoisotopic (exact) mass is 302 g/mol. The maximum atomic E-state index is 12.3. The van der Waals surface area contributed by atoms with Crippen molar-refractivity contribution in [1.29, 1.82) is 0 Å². The number of carbonyl (C=O) groups is 1. The van der Waals surface area contributed by atoms with E-state index in [-0.39, 0.29) is 5.91 Å². The molecule has 1 aromatic carbocycles. The van der Waals surface area contributed by atoms with Gasteiger partial charge in [-0.15, -0.1) is 0 Å². The minimum absolute atomic E-state index is 0.0379. The molecule has 0 bridgehead atoms. The van der Waals surface area contributed by atoms with Gasteiger partial charge in [0, 0.05) is 30.0 Å². The minimum atomic E-state index is -0.0379. The van der Waals surface area contributed by atoms with Crippen molar-refractivity contribution >= 4 is 29.1 Å². The van der Waals surface area contributed by atoms with E-state index >= 15 is 0 Å². The zero-order valence-corrected chi connectivity index (χ0v) is 12.2. The Morgan fingerprint density at radius 3 is 2.81 bits per heavy atom. The van der Waals surface area contributed by atoms with Crippen LogP contribution in [0.4, 0.5) is 11.6 Å². The third-order valence-electron chi connectivity index (χ3n) is 3.35. The lowest BCUT2D eigenvalue weighted by molar-refractivity contribution is 0.0787. The van der Waals surface area contributed by atoms with Gasteiger partial charge in [0.2, 0.25) is 5.95 Å². The molecule has 0 spiro atoms. The summed E-state index contributed by atoms with van der Waals surface area (Å²) in [5.41, 5.74) is 1.20. The molecule has 2 aromatic rings. The highest BCUT2D eigenvalue weighted by molar-refractivity contribution is 6.30. The van der Waals surface area contributed by atoms with E-state index in [2.05, 4.69) is 15.3 Å². The van der Waals surface area contributed by atoms with Crippen molar-refractivity contribution in [2.24, 2.45) is 0 Å². The van der Waals surface area contributed by atoms with Crippen molar-refractivity contribution in [2.45, 2.75) is 12.8 Å². The molecule has 0 unspecified atom stereocenters.